The number of hydrogen-bond donors (Lipinski definition) is 1. The third-order valence-corrected chi connectivity index (χ3v) is 5.34. The molecule has 1 N–H and O–H groups in total. The highest BCUT2D eigenvalue weighted by atomic mass is 16.1. The summed E-state index contributed by atoms with van der Waals surface area (Å²) in [5, 5.41) is 3.10. The molecule has 0 radical (unpaired) electrons. The van der Waals surface area contributed by atoms with Gasteiger partial charge in [0.05, 0.1) is 0 Å². The zero-order valence-electron chi connectivity index (χ0n) is 13.8. The van der Waals surface area contributed by atoms with E-state index in [2.05, 4.69) is 48.6 Å². The van der Waals surface area contributed by atoms with Crippen molar-refractivity contribution >= 4 is 5.91 Å². The van der Waals surface area contributed by atoms with E-state index in [4.69, 9.17) is 0 Å². The summed E-state index contributed by atoms with van der Waals surface area (Å²) in [6.45, 7) is 1.61. The highest BCUT2D eigenvalue weighted by molar-refractivity contribution is 5.76. The lowest BCUT2D eigenvalue weighted by Gasteiger charge is -2.20. The molecule has 2 bridgehead atoms. The molecule has 1 amide bonds. The SMILES string of the molecule is CN(C)Cc1ccc(CNC(=O)C[C@H]2C[C@H]3CC[C@@H]2C3)cc1. The number of nitrogens with zero attached hydrogens (tertiary/aromatic N) is 1. The molecule has 0 heterocycles. The van der Waals surface area contributed by atoms with Gasteiger partial charge in [0, 0.05) is 19.5 Å². The van der Waals surface area contributed by atoms with Crippen molar-refractivity contribution < 1.29 is 4.79 Å². The van der Waals surface area contributed by atoms with E-state index in [1.54, 1.807) is 0 Å². The summed E-state index contributed by atoms with van der Waals surface area (Å²) < 4.78 is 0. The van der Waals surface area contributed by atoms with Crippen molar-refractivity contribution in [3.8, 4) is 0 Å². The minimum Gasteiger partial charge on any atom is -0.352 e. The average molecular weight is 300 g/mol. The molecular formula is C19H28N2O. The number of rotatable bonds is 6. The van der Waals surface area contributed by atoms with Gasteiger partial charge in [-0.15, -0.1) is 0 Å². The number of carbonyl (C=O) groups excluding carboxylic acids is 1. The lowest BCUT2D eigenvalue weighted by Crippen LogP contribution is -2.26. The van der Waals surface area contributed by atoms with Crippen molar-refractivity contribution in [3.05, 3.63) is 35.4 Å². The molecule has 3 rings (SSSR count). The maximum Gasteiger partial charge on any atom is 0.220 e. The number of amides is 1. The minimum absolute atomic E-state index is 0.231. The van der Waals surface area contributed by atoms with E-state index in [0.717, 1.165) is 24.8 Å². The van der Waals surface area contributed by atoms with Crippen LogP contribution in [0.25, 0.3) is 0 Å². The summed E-state index contributed by atoms with van der Waals surface area (Å²) in [7, 11) is 4.15. The molecule has 22 heavy (non-hydrogen) atoms. The van der Waals surface area contributed by atoms with Crippen LogP contribution < -0.4 is 5.32 Å². The van der Waals surface area contributed by atoms with E-state index >= 15 is 0 Å². The van der Waals surface area contributed by atoms with Gasteiger partial charge < -0.3 is 10.2 Å². The van der Waals surface area contributed by atoms with Crippen LogP contribution in [-0.2, 0) is 17.9 Å². The summed E-state index contributed by atoms with van der Waals surface area (Å²) in [6, 6.07) is 8.54. The fourth-order valence-electron chi connectivity index (χ4n) is 4.27. The van der Waals surface area contributed by atoms with Crippen molar-refractivity contribution in [1.82, 2.24) is 10.2 Å². The molecule has 3 heteroatoms. The molecule has 1 aromatic carbocycles. The Bertz CT molecular complexity index is 509. The molecule has 1 aromatic rings. The van der Waals surface area contributed by atoms with Crippen molar-refractivity contribution in [2.45, 2.75) is 45.2 Å². The van der Waals surface area contributed by atoms with Crippen LogP contribution in [0.1, 0.15) is 43.2 Å². The third kappa shape index (κ3) is 3.89. The van der Waals surface area contributed by atoms with Gasteiger partial charge in [-0.3, -0.25) is 4.79 Å². The van der Waals surface area contributed by atoms with Crippen LogP contribution in [0.5, 0.6) is 0 Å². The smallest absolute Gasteiger partial charge is 0.220 e. The lowest BCUT2D eigenvalue weighted by molar-refractivity contribution is -0.122. The van der Waals surface area contributed by atoms with E-state index in [1.807, 2.05) is 0 Å². The molecule has 0 aromatic heterocycles. The second-order valence-electron chi connectivity index (χ2n) is 7.47. The zero-order valence-corrected chi connectivity index (χ0v) is 13.8. The summed E-state index contributed by atoms with van der Waals surface area (Å²) >= 11 is 0. The minimum atomic E-state index is 0.231. The van der Waals surface area contributed by atoms with Crippen molar-refractivity contribution in [2.75, 3.05) is 14.1 Å². The molecule has 0 unspecified atom stereocenters. The maximum absolute atomic E-state index is 12.1. The van der Waals surface area contributed by atoms with Crippen LogP contribution in [0.4, 0.5) is 0 Å². The molecule has 120 valence electrons. The number of benzene rings is 1. The van der Waals surface area contributed by atoms with Gasteiger partial charge >= 0.3 is 0 Å². The van der Waals surface area contributed by atoms with Crippen molar-refractivity contribution in [1.29, 1.82) is 0 Å². The van der Waals surface area contributed by atoms with Gasteiger partial charge in [-0.2, -0.15) is 0 Å². The van der Waals surface area contributed by atoms with Gasteiger partial charge in [0.1, 0.15) is 0 Å². The first kappa shape index (κ1) is 15.5. The second-order valence-corrected chi connectivity index (χ2v) is 7.47. The molecule has 2 saturated carbocycles. The summed E-state index contributed by atoms with van der Waals surface area (Å²) in [4.78, 5) is 14.3. The Morgan fingerprint density at radius 2 is 1.86 bits per heavy atom. The normalized spacial score (nSPS) is 26.6. The van der Waals surface area contributed by atoms with E-state index in [1.165, 1.54) is 36.8 Å². The molecule has 0 aliphatic heterocycles. The molecule has 0 spiro atoms. The number of fused-ring (bicyclic) bond motifs is 2. The topological polar surface area (TPSA) is 32.3 Å². The van der Waals surface area contributed by atoms with E-state index in [-0.39, 0.29) is 5.91 Å². The van der Waals surface area contributed by atoms with E-state index in [9.17, 15) is 4.79 Å². The first-order valence-electron chi connectivity index (χ1n) is 8.59. The Morgan fingerprint density at radius 1 is 1.14 bits per heavy atom. The summed E-state index contributed by atoms with van der Waals surface area (Å²) in [5.74, 6) is 2.64. The molecule has 2 aliphatic rings. The summed E-state index contributed by atoms with van der Waals surface area (Å²) in [6.07, 6.45) is 6.17. The van der Waals surface area contributed by atoms with Crippen LogP contribution >= 0.6 is 0 Å². The van der Waals surface area contributed by atoms with Crippen LogP contribution in [-0.4, -0.2) is 24.9 Å². The Hall–Kier alpha value is -1.35. The van der Waals surface area contributed by atoms with Crippen LogP contribution in [0.2, 0.25) is 0 Å². The van der Waals surface area contributed by atoms with Crippen molar-refractivity contribution in [3.63, 3.8) is 0 Å². The molecular weight excluding hydrogens is 272 g/mol. The van der Waals surface area contributed by atoms with Gasteiger partial charge in [-0.25, -0.2) is 0 Å². The van der Waals surface area contributed by atoms with Crippen LogP contribution in [0.15, 0.2) is 24.3 Å². The molecule has 3 atom stereocenters. The number of hydrogen-bond acceptors (Lipinski definition) is 2. The fraction of sp³-hybridized carbons (Fsp3) is 0.632. The molecule has 2 fully saturated rings. The largest absolute Gasteiger partial charge is 0.352 e. The summed E-state index contributed by atoms with van der Waals surface area (Å²) in [5.41, 5.74) is 2.49. The first-order chi connectivity index (χ1) is 10.6. The quantitative estimate of drug-likeness (QED) is 0.875. The van der Waals surface area contributed by atoms with Gasteiger partial charge in [0.2, 0.25) is 5.91 Å². The van der Waals surface area contributed by atoms with Gasteiger partial charge in [-0.1, -0.05) is 30.7 Å². The highest BCUT2D eigenvalue weighted by Gasteiger charge is 2.39. The van der Waals surface area contributed by atoms with E-state index in [0.29, 0.717) is 12.5 Å². The predicted octanol–water partition coefficient (Wildman–Crippen LogP) is 3.19. The Balaban J connectivity index is 1.43. The molecule has 2 aliphatic carbocycles. The molecule has 0 saturated heterocycles. The Labute approximate surface area is 134 Å². The average Bonchev–Trinajstić information content (AvgIpc) is 3.08. The Kier molecular flexibility index (Phi) is 4.82. The van der Waals surface area contributed by atoms with Crippen LogP contribution in [0.3, 0.4) is 0 Å². The monoisotopic (exact) mass is 300 g/mol. The first-order valence-corrected chi connectivity index (χ1v) is 8.59. The maximum atomic E-state index is 12.1. The second kappa shape index (κ2) is 6.82. The van der Waals surface area contributed by atoms with Gasteiger partial charge in [0.25, 0.3) is 0 Å². The highest BCUT2D eigenvalue weighted by Crippen LogP contribution is 2.49. The van der Waals surface area contributed by atoms with Gasteiger partial charge in [0.15, 0.2) is 0 Å². The molecule has 3 nitrogen and oxygen atoms in total. The lowest BCUT2D eigenvalue weighted by atomic mass is 9.86. The number of nitrogens with one attached hydrogen (secondary N) is 1. The third-order valence-electron chi connectivity index (χ3n) is 5.34. The standard InChI is InChI=1S/C19H28N2O/c1-21(2)13-15-5-3-14(4-6-15)12-20-19(22)11-18-10-16-7-8-17(18)9-16/h3-6,16-18H,7-13H2,1-2H3,(H,20,22)/t16-,17+,18+/m0/s1. The van der Waals surface area contributed by atoms with Crippen LogP contribution in [0, 0.1) is 17.8 Å². The van der Waals surface area contributed by atoms with Crippen molar-refractivity contribution in [2.24, 2.45) is 17.8 Å². The predicted molar refractivity (Wildman–Crippen MR) is 89.2 cm³/mol. The fourth-order valence-corrected chi connectivity index (χ4v) is 4.27. The number of carbonyl (C=O) groups is 1. The van der Waals surface area contributed by atoms with Gasteiger partial charge in [-0.05, 0) is 62.2 Å². The Morgan fingerprint density at radius 3 is 2.45 bits per heavy atom. The zero-order chi connectivity index (χ0) is 15.5. The van der Waals surface area contributed by atoms with E-state index < -0.39 is 0 Å².